The first-order valence-electron chi connectivity index (χ1n) is 17.5. The van der Waals surface area contributed by atoms with E-state index in [0.29, 0.717) is 32.1 Å². The number of ether oxygens (including phenoxy) is 6. The second-order valence-electron chi connectivity index (χ2n) is 15.8. The molecule has 18 atom stereocenters. The Morgan fingerprint density at radius 3 is 2.25 bits per heavy atom. The fourth-order valence-electron chi connectivity index (χ4n) is 10.8. The maximum Gasteiger partial charge on any atom is 0.187 e. The van der Waals surface area contributed by atoms with Gasteiger partial charge in [0.25, 0.3) is 0 Å². The van der Waals surface area contributed by atoms with E-state index in [1.165, 1.54) is 14.0 Å². The zero-order chi connectivity index (χ0) is 35.1. The van der Waals surface area contributed by atoms with Gasteiger partial charge in [0.15, 0.2) is 12.6 Å². The quantitative estimate of drug-likeness (QED) is 0.206. The molecule has 13 nitrogen and oxygen atoms in total. The van der Waals surface area contributed by atoms with Crippen molar-refractivity contribution in [3.63, 3.8) is 0 Å². The van der Waals surface area contributed by atoms with Gasteiger partial charge in [-0.15, -0.1) is 0 Å². The zero-order valence-electron chi connectivity index (χ0n) is 29.2. The highest BCUT2D eigenvalue weighted by atomic mass is 16.7. The first-order valence-corrected chi connectivity index (χ1v) is 17.5. The van der Waals surface area contributed by atoms with E-state index in [9.17, 15) is 35.4 Å². The van der Waals surface area contributed by atoms with Crippen LogP contribution in [0.5, 0.6) is 0 Å². The van der Waals surface area contributed by atoms with Gasteiger partial charge in [-0.2, -0.15) is 0 Å². The fraction of sp³-hybridized carbons (Fsp3) is 0.914. The number of rotatable bonds is 7. The predicted molar refractivity (Wildman–Crippen MR) is 168 cm³/mol. The number of Topliss-reactive ketones (excluding diaryl/α,β-unsaturated/α-hetero) is 1. The number of hydrogen-bond donors (Lipinski definition) is 6. The van der Waals surface area contributed by atoms with Crippen molar-refractivity contribution in [2.45, 2.75) is 164 Å². The number of aliphatic hydroxyl groups is 6. The molecule has 2 aliphatic heterocycles. The highest BCUT2D eigenvalue weighted by molar-refractivity contribution is 5.80. The van der Waals surface area contributed by atoms with Gasteiger partial charge in [0, 0.05) is 37.9 Å². The highest BCUT2D eigenvalue weighted by Gasteiger charge is 2.78. The molecule has 0 spiro atoms. The molecule has 0 aromatic heterocycles. The molecule has 6 N–H and O–H groups in total. The summed E-state index contributed by atoms with van der Waals surface area (Å²) < 4.78 is 35.9. The third kappa shape index (κ3) is 5.22. The highest BCUT2D eigenvalue weighted by Crippen LogP contribution is 2.69. The van der Waals surface area contributed by atoms with Crippen LogP contribution in [0.4, 0.5) is 0 Å². The molecule has 6 rings (SSSR count). The molecule has 3 saturated carbocycles. The Morgan fingerprint density at radius 1 is 0.896 bits per heavy atom. The van der Waals surface area contributed by atoms with E-state index in [2.05, 4.69) is 0 Å². The Morgan fingerprint density at radius 2 is 1.60 bits per heavy atom. The Bertz CT molecular complexity index is 1250. The smallest absolute Gasteiger partial charge is 0.187 e. The van der Waals surface area contributed by atoms with Gasteiger partial charge in [-0.05, 0) is 64.7 Å². The molecule has 2 saturated heterocycles. The zero-order valence-corrected chi connectivity index (χ0v) is 29.2. The van der Waals surface area contributed by atoms with Gasteiger partial charge in [-0.3, -0.25) is 4.79 Å². The topological polar surface area (TPSA) is 194 Å². The van der Waals surface area contributed by atoms with Crippen LogP contribution in [0.25, 0.3) is 0 Å². The standard InChI is InChI=1S/C35H56O13/c1-16(36)21-10-13-35(42)33(21,5)30(40)26(39)29-32(4)11-9-20(14-19(32)8-12-34(29,35)41)47-23-15-22(43-6)27(18(3)45-23)48-31-25(38)28(44-7)24(37)17(2)46-31/h8,17-18,20-31,37-42H,9-15H2,1-7H3/t17-,18-,20+,21-,22-,23+,24-,25-,26+,27-,28-,29-,30-,31+,32+,33+,34+,35+/m1/s1. The molecule has 4 aliphatic carbocycles. The van der Waals surface area contributed by atoms with Crippen molar-refractivity contribution in [2.24, 2.45) is 22.7 Å². The van der Waals surface area contributed by atoms with Crippen LogP contribution in [0.2, 0.25) is 0 Å². The van der Waals surface area contributed by atoms with Crippen LogP contribution in [-0.4, -0.2) is 135 Å². The minimum Gasteiger partial charge on any atom is -0.390 e. The van der Waals surface area contributed by atoms with Crippen molar-refractivity contribution in [1.82, 2.24) is 0 Å². The summed E-state index contributed by atoms with van der Waals surface area (Å²) in [4.78, 5) is 12.6. The first-order chi connectivity index (χ1) is 22.5. The number of fused-ring (bicyclic) bond motifs is 5. The van der Waals surface area contributed by atoms with Crippen molar-refractivity contribution in [1.29, 1.82) is 0 Å². The van der Waals surface area contributed by atoms with Crippen molar-refractivity contribution in [2.75, 3.05) is 14.2 Å². The lowest BCUT2D eigenvalue weighted by Crippen LogP contribution is -2.79. The average Bonchev–Trinajstić information content (AvgIpc) is 3.33. The van der Waals surface area contributed by atoms with E-state index in [-0.39, 0.29) is 24.7 Å². The predicted octanol–water partition coefficient (Wildman–Crippen LogP) is 0.728. The van der Waals surface area contributed by atoms with Crippen LogP contribution in [0.1, 0.15) is 79.6 Å². The van der Waals surface area contributed by atoms with E-state index >= 15 is 0 Å². The summed E-state index contributed by atoms with van der Waals surface area (Å²) in [6.07, 6.45) is -5.37. The summed E-state index contributed by atoms with van der Waals surface area (Å²) in [5, 5.41) is 69.1. The van der Waals surface area contributed by atoms with Crippen molar-refractivity contribution in [3.05, 3.63) is 11.6 Å². The Labute approximate surface area is 282 Å². The van der Waals surface area contributed by atoms with Gasteiger partial charge in [-0.1, -0.05) is 25.5 Å². The number of ketones is 1. The molecular weight excluding hydrogens is 628 g/mol. The maximum atomic E-state index is 12.6. The van der Waals surface area contributed by atoms with E-state index in [4.69, 9.17) is 28.4 Å². The molecule has 0 unspecified atom stereocenters. The Hall–Kier alpha value is -1.07. The number of carbonyl (C=O) groups excluding carboxylic acids is 1. The molecule has 6 aliphatic rings. The Balaban J connectivity index is 1.15. The molecule has 0 aromatic rings. The average molecular weight is 685 g/mol. The molecule has 2 heterocycles. The van der Waals surface area contributed by atoms with Crippen LogP contribution in [0.15, 0.2) is 11.6 Å². The van der Waals surface area contributed by atoms with Crippen molar-refractivity contribution >= 4 is 5.78 Å². The van der Waals surface area contributed by atoms with Crippen molar-refractivity contribution in [3.8, 4) is 0 Å². The van der Waals surface area contributed by atoms with Crippen molar-refractivity contribution < 1.29 is 63.9 Å². The van der Waals surface area contributed by atoms with Gasteiger partial charge in [0.1, 0.15) is 41.4 Å². The molecule has 0 radical (unpaired) electrons. The number of methoxy groups -OCH3 is 2. The maximum absolute atomic E-state index is 12.6. The second-order valence-corrected chi connectivity index (χ2v) is 15.8. The van der Waals surface area contributed by atoms with Gasteiger partial charge in [-0.25, -0.2) is 0 Å². The van der Waals surface area contributed by atoms with Crippen LogP contribution in [0, 0.1) is 22.7 Å². The van der Waals surface area contributed by atoms with E-state index < -0.39 is 101 Å². The molecular formula is C35H56O13. The third-order valence-corrected chi connectivity index (χ3v) is 13.5. The van der Waals surface area contributed by atoms with Crippen LogP contribution in [0.3, 0.4) is 0 Å². The summed E-state index contributed by atoms with van der Waals surface area (Å²) >= 11 is 0. The van der Waals surface area contributed by atoms with Gasteiger partial charge < -0.3 is 59.1 Å². The summed E-state index contributed by atoms with van der Waals surface area (Å²) in [6, 6.07) is 0. The molecule has 5 fully saturated rings. The lowest BCUT2D eigenvalue weighted by Gasteiger charge is -2.67. The molecule has 0 bridgehead atoms. The minimum absolute atomic E-state index is 0.0895. The number of aliphatic hydroxyl groups excluding tert-OH is 4. The van der Waals surface area contributed by atoms with Crippen LogP contribution >= 0.6 is 0 Å². The largest absolute Gasteiger partial charge is 0.390 e. The number of hydrogen-bond acceptors (Lipinski definition) is 13. The second kappa shape index (κ2) is 12.9. The molecule has 13 heteroatoms. The van der Waals surface area contributed by atoms with Crippen LogP contribution < -0.4 is 0 Å². The van der Waals surface area contributed by atoms with Gasteiger partial charge in [0.05, 0.1) is 36.6 Å². The molecule has 0 aromatic carbocycles. The summed E-state index contributed by atoms with van der Waals surface area (Å²) in [5.74, 6) is -1.68. The van der Waals surface area contributed by atoms with Gasteiger partial charge >= 0.3 is 0 Å². The lowest BCUT2D eigenvalue weighted by molar-refractivity contribution is -0.343. The summed E-state index contributed by atoms with van der Waals surface area (Å²) in [5.41, 5.74) is -4.59. The fourth-order valence-corrected chi connectivity index (χ4v) is 10.8. The molecule has 48 heavy (non-hydrogen) atoms. The number of carbonyl (C=O) groups is 1. The van der Waals surface area contributed by atoms with E-state index in [1.807, 2.05) is 19.9 Å². The molecule has 0 amide bonds. The monoisotopic (exact) mass is 684 g/mol. The molecule has 274 valence electrons. The van der Waals surface area contributed by atoms with Gasteiger partial charge in [0.2, 0.25) is 0 Å². The Kier molecular flexibility index (Phi) is 9.83. The van der Waals surface area contributed by atoms with E-state index in [0.717, 1.165) is 5.57 Å². The first kappa shape index (κ1) is 36.7. The summed E-state index contributed by atoms with van der Waals surface area (Å²) in [6.45, 7) is 8.59. The third-order valence-electron chi connectivity index (χ3n) is 13.5. The summed E-state index contributed by atoms with van der Waals surface area (Å²) in [7, 11) is 2.99. The van der Waals surface area contributed by atoms with Crippen LogP contribution in [-0.2, 0) is 33.2 Å². The SMILES string of the molecule is CO[C@H]1[C@@H](O)[C@H](O[C@@H]2[C@@H](C)O[C@@H](O[C@H]3CC[C@@]4(C)C(=CC[C@]5(O)[C@@H]4[C@H](O)[C@@H](O)[C@]4(C)[C@@H](C(C)=O)CC[C@]45O)C3)C[C@H]2OC)O[C@H](C)[C@H]1O. The minimum atomic E-state index is -1.75. The normalized spacial score (nSPS) is 55.3. The lowest BCUT2D eigenvalue weighted by atomic mass is 9.42. The van der Waals surface area contributed by atoms with E-state index in [1.54, 1.807) is 21.0 Å².